The first-order valence-electron chi connectivity index (χ1n) is 10.2. The average molecular weight is 359 g/mol. The number of benzene rings is 1. The molecule has 26 heavy (non-hydrogen) atoms. The number of hydrogen-bond donors (Lipinski definition) is 1. The van der Waals surface area contributed by atoms with Crippen LogP contribution in [0.15, 0.2) is 30.3 Å². The molecule has 1 spiro atoms. The topological polar surface area (TPSA) is 41.6 Å². The second kappa shape index (κ2) is 8.90. The third-order valence-corrected chi connectivity index (χ3v) is 5.87. The van der Waals surface area contributed by atoms with Gasteiger partial charge in [0.2, 0.25) is 0 Å². The van der Waals surface area contributed by atoms with Crippen molar-refractivity contribution in [3.63, 3.8) is 0 Å². The van der Waals surface area contributed by atoms with Crippen molar-refractivity contribution in [3.8, 4) is 0 Å². The molecule has 1 aromatic carbocycles. The minimum atomic E-state index is 0.0921. The molecule has 2 fully saturated rings. The Bertz CT molecular complexity index is 567. The lowest BCUT2D eigenvalue weighted by molar-refractivity contribution is 0.0749. The Balaban J connectivity index is 1.60. The van der Waals surface area contributed by atoms with Crippen LogP contribution in [0.2, 0.25) is 0 Å². The van der Waals surface area contributed by atoms with Crippen molar-refractivity contribution >= 4 is 6.03 Å². The van der Waals surface area contributed by atoms with Crippen LogP contribution in [0.3, 0.4) is 0 Å². The van der Waals surface area contributed by atoms with Gasteiger partial charge in [-0.15, -0.1) is 0 Å². The number of ether oxygens (including phenoxy) is 1. The highest BCUT2D eigenvalue weighted by Gasteiger charge is 2.46. The molecule has 1 aromatic rings. The number of amides is 2. The molecule has 0 bridgehead atoms. The smallest absolute Gasteiger partial charge is 0.317 e. The minimum absolute atomic E-state index is 0.0921. The van der Waals surface area contributed by atoms with E-state index in [4.69, 9.17) is 4.74 Å². The SMILES string of the molecule is CC(C)CNC(=O)N1CC2(CCCCC2)CC1COCc1ccccc1. The minimum Gasteiger partial charge on any atom is -0.375 e. The summed E-state index contributed by atoms with van der Waals surface area (Å²) in [6.07, 6.45) is 7.57. The molecule has 2 amide bonds. The summed E-state index contributed by atoms with van der Waals surface area (Å²) in [4.78, 5) is 14.8. The summed E-state index contributed by atoms with van der Waals surface area (Å²) in [6, 6.07) is 10.6. The Kier molecular flexibility index (Phi) is 6.58. The predicted octanol–water partition coefficient (Wildman–Crippen LogP) is 4.59. The molecule has 1 N–H and O–H groups in total. The number of carbonyl (C=O) groups excluding carboxylic acids is 1. The zero-order valence-corrected chi connectivity index (χ0v) is 16.4. The fourth-order valence-corrected chi connectivity index (χ4v) is 4.50. The second-order valence-corrected chi connectivity index (χ2v) is 8.63. The van der Waals surface area contributed by atoms with E-state index in [-0.39, 0.29) is 12.1 Å². The summed E-state index contributed by atoms with van der Waals surface area (Å²) in [7, 11) is 0. The van der Waals surface area contributed by atoms with Gasteiger partial charge in [0.25, 0.3) is 0 Å². The van der Waals surface area contributed by atoms with E-state index in [2.05, 4.69) is 36.2 Å². The van der Waals surface area contributed by atoms with Crippen molar-refractivity contribution in [2.45, 2.75) is 65.0 Å². The predicted molar refractivity (Wildman–Crippen MR) is 105 cm³/mol. The number of nitrogens with zero attached hydrogens (tertiary/aromatic N) is 1. The van der Waals surface area contributed by atoms with Crippen LogP contribution in [0, 0.1) is 11.3 Å². The highest BCUT2D eigenvalue weighted by Crippen LogP contribution is 2.46. The van der Waals surface area contributed by atoms with Gasteiger partial charge in [-0.25, -0.2) is 4.79 Å². The van der Waals surface area contributed by atoms with E-state index in [9.17, 15) is 4.79 Å². The summed E-state index contributed by atoms with van der Waals surface area (Å²) in [5.74, 6) is 0.470. The maximum atomic E-state index is 12.8. The largest absolute Gasteiger partial charge is 0.375 e. The molecule has 1 unspecified atom stereocenters. The summed E-state index contributed by atoms with van der Waals surface area (Å²) in [5.41, 5.74) is 1.52. The summed E-state index contributed by atoms with van der Waals surface area (Å²) in [5, 5.41) is 3.12. The van der Waals surface area contributed by atoms with Gasteiger partial charge in [-0.3, -0.25) is 0 Å². The van der Waals surface area contributed by atoms with Crippen molar-refractivity contribution in [2.24, 2.45) is 11.3 Å². The average Bonchev–Trinajstić information content (AvgIpc) is 2.99. The molecule has 1 aliphatic heterocycles. The Labute approximate surface area is 158 Å². The van der Waals surface area contributed by atoms with Gasteiger partial charge in [0.15, 0.2) is 0 Å². The van der Waals surface area contributed by atoms with E-state index >= 15 is 0 Å². The van der Waals surface area contributed by atoms with E-state index in [1.54, 1.807) is 0 Å². The first-order valence-corrected chi connectivity index (χ1v) is 10.2. The van der Waals surface area contributed by atoms with Crippen molar-refractivity contribution in [1.29, 1.82) is 0 Å². The van der Waals surface area contributed by atoms with Gasteiger partial charge in [-0.05, 0) is 36.2 Å². The van der Waals surface area contributed by atoms with Crippen LogP contribution in [0.5, 0.6) is 0 Å². The molecular weight excluding hydrogens is 324 g/mol. The highest BCUT2D eigenvalue weighted by atomic mass is 16.5. The third-order valence-electron chi connectivity index (χ3n) is 5.87. The summed E-state index contributed by atoms with van der Waals surface area (Å²) in [6.45, 7) is 7.15. The van der Waals surface area contributed by atoms with Crippen LogP contribution in [-0.2, 0) is 11.3 Å². The standard InChI is InChI=1S/C22H34N2O2/c1-18(2)14-23-21(25)24-17-22(11-7-4-8-12-22)13-20(24)16-26-15-19-9-5-3-6-10-19/h3,5-6,9-10,18,20H,4,7-8,11-17H2,1-2H3,(H,23,25). The molecule has 1 heterocycles. The summed E-state index contributed by atoms with van der Waals surface area (Å²) < 4.78 is 6.02. The van der Waals surface area contributed by atoms with Crippen LogP contribution in [0.4, 0.5) is 4.79 Å². The molecule has 1 saturated heterocycles. The van der Waals surface area contributed by atoms with E-state index in [1.165, 1.54) is 37.7 Å². The first-order chi connectivity index (χ1) is 12.6. The van der Waals surface area contributed by atoms with Crippen molar-refractivity contribution < 1.29 is 9.53 Å². The number of hydrogen-bond acceptors (Lipinski definition) is 2. The normalized spacial score (nSPS) is 22.1. The fraction of sp³-hybridized carbons (Fsp3) is 0.682. The van der Waals surface area contributed by atoms with Gasteiger partial charge in [0.1, 0.15) is 0 Å². The van der Waals surface area contributed by atoms with E-state index in [0.29, 0.717) is 24.5 Å². The molecular formula is C22H34N2O2. The Morgan fingerprint density at radius 3 is 2.65 bits per heavy atom. The van der Waals surface area contributed by atoms with Crippen LogP contribution >= 0.6 is 0 Å². The number of rotatable bonds is 6. The molecule has 4 heteroatoms. The quantitative estimate of drug-likeness (QED) is 0.808. The molecule has 2 aliphatic rings. The van der Waals surface area contributed by atoms with Crippen LogP contribution in [-0.4, -0.2) is 36.7 Å². The number of likely N-dealkylation sites (tertiary alicyclic amines) is 1. The van der Waals surface area contributed by atoms with Crippen LogP contribution in [0.25, 0.3) is 0 Å². The lowest BCUT2D eigenvalue weighted by atomic mass is 9.73. The molecule has 0 radical (unpaired) electrons. The lowest BCUT2D eigenvalue weighted by Crippen LogP contribution is -2.46. The number of urea groups is 1. The molecule has 1 saturated carbocycles. The monoisotopic (exact) mass is 358 g/mol. The number of nitrogens with one attached hydrogen (secondary N) is 1. The van der Waals surface area contributed by atoms with Gasteiger partial charge in [0, 0.05) is 13.1 Å². The van der Waals surface area contributed by atoms with Crippen LogP contribution in [0.1, 0.15) is 57.9 Å². The second-order valence-electron chi connectivity index (χ2n) is 8.63. The molecule has 4 nitrogen and oxygen atoms in total. The van der Waals surface area contributed by atoms with Crippen molar-refractivity contribution in [3.05, 3.63) is 35.9 Å². The molecule has 144 valence electrons. The summed E-state index contributed by atoms with van der Waals surface area (Å²) >= 11 is 0. The maximum absolute atomic E-state index is 12.8. The molecule has 3 rings (SSSR count). The number of carbonyl (C=O) groups is 1. The Morgan fingerprint density at radius 1 is 1.23 bits per heavy atom. The van der Waals surface area contributed by atoms with Gasteiger partial charge >= 0.3 is 6.03 Å². The van der Waals surface area contributed by atoms with E-state index in [0.717, 1.165) is 19.5 Å². The third kappa shape index (κ3) is 5.00. The van der Waals surface area contributed by atoms with Crippen molar-refractivity contribution in [2.75, 3.05) is 19.7 Å². The van der Waals surface area contributed by atoms with Gasteiger partial charge < -0.3 is 15.0 Å². The van der Waals surface area contributed by atoms with E-state index in [1.807, 2.05) is 18.2 Å². The lowest BCUT2D eigenvalue weighted by Gasteiger charge is -2.33. The van der Waals surface area contributed by atoms with Crippen molar-refractivity contribution in [1.82, 2.24) is 10.2 Å². The van der Waals surface area contributed by atoms with Crippen LogP contribution < -0.4 is 5.32 Å². The maximum Gasteiger partial charge on any atom is 0.317 e. The Hall–Kier alpha value is -1.55. The zero-order chi connectivity index (χ0) is 18.4. The van der Waals surface area contributed by atoms with Gasteiger partial charge in [0.05, 0.1) is 19.3 Å². The Morgan fingerprint density at radius 2 is 1.96 bits per heavy atom. The van der Waals surface area contributed by atoms with Gasteiger partial charge in [-0.2, -0.15) is 0 Å². The highest BCUT2D eigenvalue weighted by molar-refractivity contribution is 5.75. The fourth-order valence-electron chi connectivity index (χ4n) is 4.50. The van der Waals surface area contributed by atoms with E-state index < -0.39 is 0 Å². The first kappa shape index (κ1) is 19.2. The zero-order valence-electron chi connectivity index (χ0n) is 16.4. The molecule has 1 atom stereocenters. The molecule has 1 aliphatic carbocycles. The molecule has 0 aromatic heterocycles. The van der Waals surface area contributed by atoms with Gasteiger partial charge in [-0.1, -0.05) is 63.4 Å².